The lowest BCUT2D eigenvalue weighted by atomic mass is 10.0. The van der Waals surface area contributed by atoms with Gasteiger partial charge in [-0.2, -0.15) is 13.2 Å². The maximum absolute atomic E-state index is 13.0. The van der Waals surface area contributed by atoms with E-state index in [1.807, 2.05) is 6.07 Å². The van der Waals surface area contributed by atoms with Gasteiger partial charge in [0.25, 0.3) is 5.91 Å². The van der Waals surface area contributed by atoms with Gasteiger partial charge in [-0.05, 0) is 36.8 Å². The molecule has 6 nitrogen and oxygen atoms in total. The van der Waals surface area contributed by atoms with Crippen LogP contribution in [0.2, 0.25) is 0 Å². The molecule has 0 radical (unpaired) electrons. The fourth-order valence-corrected chi connectivity index (χ4v) is 3.95. The Labute approximate surface area is 184 Å². The number of alkyl halides is 3. The summed E-state index contributed by atoms with van der Waals surface area (Å²) < 4.78 is 56.0. The van der Waals surface area contributed by atoms with E-state index in [4.69, 9.17) is 14.2 Å². The number of carbonyl (C=O) groups excluding carboxylic acids is 1. The number of halogens is 3. The number of amides is 1. The van der Waals surface area contributed by atoms with E-state index < -0.39 is 23.9 Å². The molecule has 3 atom stereocenters. The molecule has 1 amide bonds. The summed E-state index contributed by atoms with van der Waals surface area (Å²) in [5.74, 6) is 0.746. The maximum atomic E-state index is 13.0. The Bertz CT molecular complexity index is 930. The van der Waals surface area contributed by atoms with Crippen molar-refractivity contribution in [1.82, 2.24) is 10.2 Å². The summed E-state index contributed by atoms with van der Waals surface area (Å²) in [6.07, 6.45) is -5.72. The maximum Gasteiger partial charge on any atom is 0.416 e. The summed E-state index contributed by atoms with van der Waals surface area (Å²) in [6.45, 7) is 4.27. The van der Waals surface area contributed by atoms with Gasteiger partial charge in [0.15, 0.2) is 11.5 Å². The molecule has 0 aromatic heterocycles. The second-order valence-corrected chi connectivity index (χ2v) is 7.84. The molecule has 32 heavy (non-hydrogen) atoms. The van der Waals surface area contributed by atoms with Gasteiger partial charge in [0.05, 0.1) is 24.8 Å². The number of carbonyl (C=O) groups is 1. The van der Waals surface area contributed by atoms with Crippen molar-refractivity contribution in [3.63, 3.8) is 0 Å². The van der Waals surface area contributed by atoms with Crippen molar-refractivity contribution in [2.75, 3.05) is 32.8 Å². The van der Waals surface area contributed by atoms with E-state index in [0.29, 0.717) is 43.4 Å². The van der Waals surface area contributed by atoms with Crippen LogP contribution in [0.5, 0.6) is 11.5 Å². The summed E-state index contributed by atoms with van der Waals surface area (Å²) >= 11 is 0. The lowest BCUT2D eigenvalue weighted by Gasteiger charge is -2.36. The summed E-state index contributed by atoms with van der Waals surface area (Å²) in [7, 11) is 0. The predicted molar refractivity (Wildman–Crippen MR) is 111 cm³/mol. The molecular formula is C23H25F3N2O4. The average molecular weight is 450 g/mol. The number of hydrogen-bond acceptors (Lipinski definition) is 5. The van der Waals surface area contributed by atoms with Crippen LogP contribution in [-0.2, 0) is 15.7 Å². The first-order chi connectivity index (χ1) is 15.3. The van der Waals surface area contributed by atoms with Crippen LogP contribution in [0.3, 0.4) is 0 Å². The molecule has 0 spiro atoms. The number of hydrogen-bond donors (Lipinski definition) is 1. The van der Waals surface area contributed by atoms with Crippen LogP contribution in [0.25, 0.3) is 0 Å². The van der Waals surface area contributed by atoms with E-state index in [1.54, 1.807) is 25.1 Å². The standard InChI is InChI=1S/C23H25F3N2O4/c1-15-21(32-20-5-3-2-4-19(20)31-15)22(29)27-14-18(28-10-12-30-13-11-28)16-6-8-17(9-7-16)23(24,25)26/h2-9,15,18,21H,10-14H2,1H3,(H,27,29). The number of fused-ring (bicyclic) bond motifs is 1. The number of para-hydroxylation sites is 2. The first-order valence-corrected chi connectivity index (χ1v) is 10.5. The molecule has 2 aliphatic heterocycles. The highest BCUT2D eigenvalue weighted by Crippen LogP contribution is 2.34. The van der Waals surface area contributed by atoms with E-state index in [2.05, 4.69) is 10.2 Å². The summed E-state index contributed by atoms with van der Waals surface area (Å²) in [5, 5.41) is 2.91. The third kappa shape index (κ3) is 4.99. The molecule has 2 heterocycles. The second-order valence-electron chi connectivity index (χ2n) is 7.84. The highest BCUT2D eigenvalue weighted by molar-refractivity contribution is 5.82. The molecule has 1 N–H and O–H groups in total. The third-order valence-corrected chi connectivity index (χ3v) is 5.68. The van der Waals surface area contributed by atoms with Gasteiger partial charge in [0, 0.05) is 19.6 Å². The minimum absolute atomic E-state index is 0.221. The first-order valence-electron chi connectivity index (χ1n) is 10.5. The van der Waals surface area contributed by atoms with Crippen LogP contribution in [0.15, 0.2) is 48.5 Å². The van der Waals surface area contributed by atoms with Gasteiger partial charge < -0.3 is 19.5 Å². The molecule has 2 aliphatic rings. The zero-order chi connectivity index (χ0) is 22.7. The summed E-state index contributed by atoms with van der Waals surface area (Å²) in [4.78, 5) is 15.0. The molecule has 0 aliphatic carbocycles. The number of rotatable bonds is 5. The van der Waals surface area contributed by atoms with E-state index in [0.717, 1.165) is 12.1 Å². The molecule has 0 bridgehead atoms. The van der Waals surface area contributed by atoms with Crippen molar-refractivity contribution in [3.8, 4) is 11.5 Å². The van der Waals surface area contributed by atoms with Crippen LogP contribution in [0.4, 0.5) is 13.2 Å². The zero-order valence-electron chi connectivity index (χ0n) is 17.6. The smallest absolute Gasteiger partial charge is 0.416 e. The molecule has 2 aromatic rings. The summed E-state index contributed by atoms with van der Waals surface area (Å²) in [5.41, 5.74) is -0.00864. The number of nitrogens with zero attached hydrogens (tertiary/aromatic N) is 1. The monoisotopic (exact) mass is 450 g/mol. The van der Waals surface area contributed by atoms with E-state index in [9.17, 15) is 18.0 Å². The van der Waals surface area contributed by atoms with Crippen molar-refractivity contribution >= 4 is 5.91 Å². The number of ether oxygens (including phenoxy) is 3. The number of benzene rings is 2. The van der Waals surface area contributed by atoms with Crippen LogP contribution in [-0.4, -0.2) is 55.9 Å². The molecule has 4 rings (SSSR count). The van der Waals surface area contributed by atoms with Crippen molar-refractivity contribution in [2.24, 2.45) is 0 Å². The second kappa shape index (κ2) is 9.38. The van der Waals surface area contributed by atoms with Gasteiger partial charge in [-0.25, -0.2) is 0 Å². The Hall–Kier alpha value is -2.78. The predicted octanol–water partition coefficient (Wildman–Crippen LogP) is 3.42. The van der Waals surface area contributed by atoms with Crippen molar-refractivity contribution in [2.45, 2.75) is 31.3 Å². The fraction of sp³-hybridized carbons (Fsp3) is 0.435. The van der Waals surface area contributed by atoms with Crippen molar-refractivity contribution in [1.29, 1.82) is 0 Å². The SMILES string of the molecule is CC1Oc2ccccc2OC1C(=O)NCC(c1ccc(C(F)(F)F)cc1)N1CCOCC1. The van der Waals surface area contributed by atoms with Gasteiger partial charge in [0.1, 0.15) is 6.10 Å². The van der Waals surface area contributed by atoms with Crippen LogP contribution >= 0.6 is 0 Å². The molecule has 172 valence electrons. The Kier molecular flexibility index (Phi) is 6.57. The summed E-state index contributed by atoms with van der Waals surface area (Å²) in [6, 6.07) is 11.9. The van der Waals surface area contributed by atoms with Crippen LogP contribution in [0.1, 0.15) is 24.1 Å². The average Bonchev–Trinajstić information content (AvgIpc) is 2.79. The largest absolute Gasteiger partial charge is 0.482 e. The Balaban J connectivity index is 1.47. The van der Waals surface area contributed by atoms with Crippen molar-refractivity contribution in [3.05, 3.63) is 59.7 Å². The Morgan fingerprint density at radius 2 is 1.69 bits per heavy atom. The molecule has 1 saturated heterocycles. The van der Waals surface area contributed by atoms with Crippen LogP contribution in [0, 0.1) is 0 Å². The van der Waals surface area contributed by atoms with Gasteiger partial charge in [0.2, 0.25) is 6.10 Å². The normalized spacial score (nSPS) is 22.2. The van der Waals surface area contributed by atoms with Crippen LogP contribution < -0.4 is 14.8 Å². The Morgan fingerprint density at radius 1 is 1.06 bits per heavy atom. The third-order valence-electron chi connectivity index (χ3n) is 5.68. The quantitative estimate of drug-likeness (QED) is 0.757. The van der Waals surface area contributed by atoms with Gasteiger partial charge in [-0.15, -0.1) is 0 Å². The van der Waals surface area contributed by atoms with Gasteiger partial charge in [-0.1, -0.05) is 24.3 Å². The topological polar surface area (TPSA) is 60.0 Å². The molecular weight excluding hydrogens is 425 g/mol. The minimum atomic E-state index is -4.40. The molecule has 3 unspecified atom stereocenters. The number of morpholine rings is 1. The zero-order valence-corrected chi connectivity index (χ0v) is 17.6. The number of nitrogens with one attached hydrogen (secondary N) is 1. The van der Waals surface area contributed by atoms with Crippen molar-refractivity contribution < 1.29 is 32.2 Å². The highest BCUT2D eigenvalue weighted by Gasteiger charge is 2.35. The highest BCUT2D eigenvalue weighted by atomic mass is 19.4. The molecule has 1 fully saturated rings. The van der Waals surface area contributed by atoms with E-state index in [-0.39, 0.29) is 18.5 Å². The lowest BCUT2D eigenvalue weighted by molar-refractivity contribution is -0.137. The molecule has 0 saturated carbocycles. The first kappa shape index (κ1) is 22.4. The molecule has 2 aromatic carbocycles. The lowest BCUT2D eigenvalue weighted by Crippen LogP contribution is -2.51. The van der Waals surface area contributed by atoms with E-state index >= 15 is 0 Å². The van der Waals surface area contributed by atoms with E-state index in [1.165, 1.54) is 12.1 Å². The molecule has 9 heteroatoms. The minimum Gasteiger partial charge on any atom is -0.482 e. The van der Waals surface area contributed by atoms with Gasteiger partial charge in [-0.3, -0.25) is 9.69 Å². The Morgan fingerprint density at radius 3 is 2.31 bits per heavy atom. The van der Waals surface area contributed by atoms with Gasteiger partial charge >= 0.3 is 6.18 Å². The fourth-order valence-electron chi connectivity index (χ4n) is 3.95.